The van der Waals surface area contributed by atoms with Crippen molar-refractivity contribution in [2.45, 2.75) is 32.9 Å². The van der Waals surface area contributed by atoms with E-state index in [1.165, 1.54) is 22.2 Å². The second-order valence-electron chi connectivity index (χ2n) is 5.37. The Morgan fingerprint density at radius 1 is 1.43 bits per heavy atom. The van der Waals surface area contributed by atoms with Gasteiger partial charge in [0.15, 0.2) is 0 Å². The molecule has 0 aliphatic carbocycles. The van der Waals surface area contributed by atoms with Gasteiger partial charge >= 0.3 is 0 Å². The number of aryl methyl sites for hydroxylation is 2. The van der Waals surface area contributed by atoms with Gasteiger partial charge in [0.25, 0.3) is 5.56 Å². The van der Waals surface area contributed by atoms with Gasteiger partial charge in [0.2, 0.25) is 5.91 Å². The van der Waals surface area contributed by atoms with Crippen molar-refractivity contribution in [3.05, 3.63) is 51.8 Å². The van der Waals surface area contributed by atoms with E-state index in [1.54, 1.807) is 6.07 Å². The van der Waals surface area contributed by atoms with E-state index in [1.807, 2.05) is 31.4 Å². The van der Waals surface area contributed by atoms with Crippen molar-refractivity contribution < 1.29 is 9.21 Å². The standard InChI is InChI=1S/C16H17N3O3S/c1-10-3-4-13(22-10)11(2)18-14(20)5-7-19-9-17-15-12(16(19)21)6-8-23-15/h3-4,6,8-9,11H,5,7H2,1-2H3,(H,18,20). The highest BCUT2D eigenvalue weighted by Crippen LogP contribution is 2.16. The minimum atomic E-state index is -0.203. The number of fused-ring (bicyclic) bond motifs is 1. The summed E-state index contributed by atoms with van der Waals surface area (Å²) in [5.41, 5.74) is -0.112. The largest absolute Gasteiger partial charge is 0.464 e. The zero-order valence-corrected chi connectivity index (χ0v) is 13.7. The first kappa shape index (κ1) is 15.5. The lowest BCUT2D eigenvalue weighted by Crippen LogP contribution is -2.29. The molecule has 3 heterocycles. The predicted molar refractivity (Wildman–Crippen MR) is 88.5 cm³/mol. The molecule has 1 atom stereocenters. The fourth-order valence-corrected chi connectivity index (χ4v) is 3.07. The van der Waals surface area contributed by atoms with E-state index in [4.69, 9.17) is 4.42 Å². The van der Waals surface area contributed by atoms with E-state index >= 15 is 0 Å². The Labute approximate surface area is 136 Å². The van der Waals surface area contributed by atoms with Crippen LogP contribution in [0.2, 0.25) is 0 Å². The lowest BCUT2D eigenvalue weighted by Gasteiger charge is -2.12. The van der Waals surface area contributed by atoms with Crippen LogP contribution in [0.5, 0.6) is 0 Å². The van der Waals surface area contributed by atoms with Gasteiger partial charge in [-0.15, -0.1) is 11.3 Å². The molecule has 0 saturated carbocycles. The van der Waals surface area contributed by atoms with Gasteiger partial charge < -0.3 is 9.73 Å². The van der Waals surface area contributed by atoms with Gasteiger partial charge in [-0.1, -0.05) is 0 Å². The van der Waals surface area contributed by atoms with Gasteiger partial charge in [0.1, 0.15) is 16.4 Å². The van der Waals surface area contributed by atoms with Crippen LogP contribution in [0.15, 0.2) is 39.1 Å². The van der Waals surface area contributed by atoms with E-state index in [2.05, 4.69) is 10.3 Å². The maximum absolute atomic E-state index is 12.2. The van der Waals surface area contributed by atoms with Crippen LogP contribution >= 0.6 is 11.3 Å². The molecule has 23 heavy (non-hydrogen) atoms. The van der Waals surface area contributed by atoms with Crippen molar-refractivity contribution in [1.29, 1.82) is 0 Å². The van der Waals surface area contributed by atoms with Gasteiger partial charge in [-0.05, 0) is 37.4 Å². The van der Waals surface area contributed by atoms with Crippen molar-refractivity contribution in [2.24, 2.45) is 0 Å². The average molecular weight is 331 g/mol. The Kier molecular flexibility index (Phi) is 4.29. The number of amides is 1. The van der Waals surface area contributed by atoms with Crippen molar-refractivity contribution in [1.82, 2.24) is 14.9 Å². The number of hydrogen-bond donors (Lipinski definition) is 1. The molecule has 3 rings (SSSR count). The smallest absolute Gasteiger partial charge is 0.262 e. The van der Waals surface area contributed by atoms with Gasteiger partial charge in [-0.2, -0.15) is 0 Å². The first-order chi connectivity index (χ1) is 11.0. The molecule has 0 aliphatic rings. The summed E-state index contributed by atoms with van der Waals surface area (Å²) >= 11 is 1.43. The fraction of sp³-hybridized carbons (Fsp3) is 0.312. The number of hydrogen-bond acceptors (Lipinski definition) is 5. The summed E-state index contributed by atoms with van der Waals surface area (Å²) in [6, 6.07) is 5.26. The number of aromatic nitrogens is 2. The lowest BCUT2D eigenvalue weighted by atomic mass is 10.2. The number of rotatable bonds is 5. The molecular weight excluding hydrogens is 314 g/mol. The van der Waals surface area contributed by atoms with Crippen LogP contribution in [-0.2, 0) is 11.3 Å². The molecule has 0 saturated heterocycles. The predicted octanol–water partition coefficient (Wildman–Crippen LogP) is 2.63. The van der Waals surface area contributed by atoms with Crippen molar-refractivity contribution in [2.75, 3.05) is 0 Å². The zero-order chi connectivity index (χ0) is 16.4. The third kappa shape index (κ3) is 3.34. The van der Waals surface area contributed by atoms with E-state index in [0.29, 0.717) is 11.9 Å². The van der Waals surface area contributed by atoms with E-state index in [-0.39, 0.29) is 23.9 Å². The second-order valence-corrected chi connectivity index (χ2v) is 6.26. The molecule has 0 aliphatic heterocycles. The van der Waals surface area contributed by atoms with Crippen LogP contribution in [-0.4, -0.2) is 15.5 Å². The summed E-state index contributed by atoms with van der Waals surface area (Å²) in [6.07, 6.45) is 1.70. The first-order valence-corrected chi connectivity index (χ1v) is 8.21. The highest BCUT2D eigenvalue weighted by atomic mass is 32.1. The van der Waals surface area contributed by atoms with Gasteiger partial charge in [-0.25, -0.2) is 4.98 Å². The Balaban J connectivity index is 1.62. The minimum Gasteiger partial charge on any atom is -0.464 e. The molecule has 6 nitrogen and oxygen atoms in total. The molecule has 0 spiro atoms. The van der Waals surface area contributed by atoms with Crippen molar-refractivity contribution in [3.8, 4) is 0 Å². The molecule has 1 N–H and O–H groups in total. The monoisotopic (exact) mass is 331 g/mol. The number of nitrogens with one attached hydrogen (secondary N) is 1. The van der Waals surface area contributed by atoms with Crippen LogP contribution in [0.4, 0.5) is 0 Å². The molecule has 7 heteroatoms. The van der Waals surface area contributed by atoms with Crippen molar-refractivity contribution in [3.63, 3.8) is 0 Å². The molecule has 1 amide bonds. The molecule has 0 radical (unpaired) electrons. The summed E-state index contributed by atoms with van der Waals surface area (Å²) in [4.78, 5) is 29.2. The Morgan fingerprint density at radius 3 is 3.00 bits per heavy atom. The molecule has 1 unspecified atom stereocenters. The maximum Gasteiger partial charge on any atom is 0.262 e. The molecular formula is C16H17N3O3S. The summed E-state index contributed by atoms with van der Waals surface area (Å²) in [7, 11) is 0. The SMILES string of the molecule is Cc1ccc(C(C)NC(=O)CCn2cnc3sccc3c2=O)o1. The third-order valence-electron chi connectivity index (χ3n) is 3.60. The molecule has 0 bridgehead atoms. The number of nitrogens with zero attached hydrogens (tertiary/aromatic N) is 2. The number of thiophene rings is 1. The summed E-state index contributed by atoms with van der Waals surface area (Å²) < 4.78 is 6.96. The van der Waals surface area contributed by atoms with Gasteiger partial charge in [0, 0.05) is 13.0 Å². The van der Waals surface area contributed by atoms with Crippen LogP contribution in [0.25, 0.3) is 10.2 Å². The Bertz CT molecular complexity index is 893. The van der Waals surface area contributed by atoms with Crippen LogP contribution < -0.4 is 10.9 Å². The molecule has 0 aromatic carbocycles. The maximum atomic E-state index is 12.2. The number of carbonyl (C=O) groups is 1. The molecule has 0 fully saturated rings. The zero-order valence-electron chi connectivity index (χ0n) is 12.9. The van der Waals surface area contributed by atoms with Crippen molar-refractivity contribution >= 4 is 27.5 Å². The van der Waals surface area contributed by atoms with E-state index in [0.717, 1.165) is 16.4 Å². The minimum absolute atomic E-state index is 0.112. The second kappa shape index (κ2) is 6.37. The van der Waals surface area contributed by atoms with Gasteiger partial charge in [0.05, 0.1) is 17.8 Å². The lowest BCUT2D eigenvalue weighted by molar-refractivity contribution is -0.122. The van der Waals surface area contributed by atoms with Crippen LogP contribution in [0, 0.1) is 6.92 Å². The molecule has 3 aromatic rings. The molecule has 3 aromatic heterocycles. The summed E-state index contributed by atoms with van der Waals surface area (Å²) in [5.74, 6) is 1.39. The van der Waals surface area contributed by atoms with Gasteiger partial charge in [-0.3, -0.25) is 14.2 Å². The normalized spacial score (nSPS) is 12.4. The first-order valence-electron chi connectivity index (χ1n) is 7.33. The highest BCUT2D eigenvalue weighted by Gasteiger charge is 2.13. The van der Waals surface area contributed by atoms with E-state index < -0.39 is 0 Å². The fourth-order valence-electron chi connectivity index (χ4n) is 2.35. The number of carbonyl (C=O) groups excluding carboxylic acids is 1. The molecule has 120 valence electrons. The van der Waals surface area contributed by atoms with Crippen LogP contribution in [0.3, 0.4) is 0 Å². The summed E-state index contributed by atoms with van der Waals surface area (Å²) in [5, 5.41) is 5.30. The summed E-state index contributed by atoms with van der Waals surface area (Å²) in [6.45, 7) is 4.02. The topological polar surface area (TPSA) is 77.1 Å². The Morgan fingerprint density at radius 2 is 2.26 bits per heavy atom. The van der Waals surface area contributed by atoms with Crippen LogP contribution in [0.1, 0.15) is 30.9 Å². The average Bonchev–Trinajstić information content (AvgIpc) is 3.15. The van der Waals surface area contributed by atoms with E-state index in [9.17, 15) is 9.59 Å². The Hall–Kier alpha value is -2.41. The quantitative estimate of drug-likeness (QED) is 0.779. The number of furan rings is 1. The highest BCUT2D eigenvalue weighted by molar-refractivity contribution is 7.16. The third-order valence-corrected chi connectivity index (χ3v) is 4.42.